The van der Waals surface area contributed by atoms with Crippen molar-refractivity contribution in [1.82, 2.24) is 9.80 Å². The number of hydrogen-bond acceptors (Lipinski definition) is 3. The highest BCUT2D eigenvalue weighted by Crippen LogP contribution is 2.32. The quantitative estimate of drug-likeness (QED) is 0.680. The molecule has 1 atom stereocenters. The van der Waals surface area contributed by atoms with Gasteiger partial charge in [-0.25, -0.2) is 4.39 Å². The van der Waals surface area contributed by atoms with Crippen LogP contribution >= 0.6 is 0 Å². The number of anilines is 1. The predicted molar refractivity (Wildman–Crippen MR) is 108 cm³/mol. The number of piperazine rings is 1. The number of nitrogens with zero attached hydrogens (tertiary/aromatic N) is 3. The minimum absolute atomic E-state index is 0.0771. The van der Waals surface area contributed by atoms with Crippen molar-refractivity contribution in [3.8, 4) is 0 Å². The second-order valence-corrected chi connectivity index (χ2v) is 7.57. The van der Waals surface area contributed by atoms with E-state index in [2.05, 4.69) is 0 Å². The summed E-state index contributed by atoms with van der Waals surface area (Å²) in [6.45, 7) is 4.34. The van der Waals surface area contributed by atoms with Crippen molar-refractivity contribution in [3.63, 3.8) is 0 Å². The molecule has 2 aromatic rings. The second kappa shape index (κ2) is 9.04. The Morgan fingerprint density at radius 2 is 1.73 bits per heavy atom. The monoisotopic (exact) mass is 423 g/mol. The van der Waals surface area contributed by atoms with Gasteiger partial charge in [-0.15, -0.1) is 0 Å². The molecule has 0 aromatic heterocycles. The van der Waals surface area contributed by atoms with Crippen molar-refractivity contribution in [2.75, 3.05) is 38.1 Å². The number of alkyl halides is 3. The third kappa shape index (κ3) is 5.30. The Morgan fingerprint density at radius 3 is 2.37 bits per heavy atom. The topological polar surface area (TPSA) is 26.8 Å². The van der Waals surface area contributed by atoms with Crippen LogP contribution < -0.4 is 4.90 Å². The van der Waals surface area contributed by atoms with Crippen LogP contribution in [0.25, 0.3) is 0 Å². The molecule has 1 aliphatic heterocycles. The minimum atomic E-state index is -4.37. The average molecular weight is 423 g/mol. The Hall–Kier alpha value is -2.61. The fourth-order valence-corrected chi connectivity index (χ4v) is 3.71. The predicted octanol–water partition coefficient (Wildman–Crippen LogP) is 4.01. The first-order chi connectivity index (χ1) is 14.1. The molecule has 1 aliphatic rings. The minimum Gasteiger partial charge on any atom is -0.369 e. The first kappa shape index (κ1) is 22.1. The molecule has 0 unspecified atom stereocenters. The number of amides is 1. The van der Waals surface area contributed by atoms with Crippen LogP contribution in [0.15, 0.2) is 48.5 Å². The van der Waals surface area contributed by atoms with Gasteiger partial charge in [0.2, 0.25) is 5.91 Å². The fourth-order valence-electron chi connectivity index (χ4n) is 3.71. The van der Waals surface area contributed by atoms with Crippen LogP contribution in [0.3, 0.4) is 0 Å². The zero-order chi connectivity index (χ0) is 21.9. The van der Waals surface area contributed by atoms with Gasteiger partial charge in [-0.2, -0.15) is 13.2 Å². The lowest BCUT2D eigenvalue weighted by Gasteiger charge is -2.39. The van der Waals surface area contributed by atoms with E-state index in [1.807, 2.05) is 16.7 Å². The molecule has 30 heavy (non-hydrogen) atoms. The molecule has 8 heteroatoms. The maximum absolute atomic E-state index is 13.4. The van der Waals surface area contributed by atoms with E-state index in [9.17, 15) is 22.4 Å². The second-order valence-electron chi connectivity index (χ2n) is 7.57. The zero-order valence-electron chi connectivity index (χ0n) is 17.0. The molecule has 3 rings (SSSR count). The third-order valence-electron chi connectivity index (χ3n) is 5.44. The zero-order valence-corrected chi connectivity index (χ0v) is 17.0. The van der Waals surface area contributed by atoms with Crippen LogP contribution in [-0.4, -0.2) is 55.0 Å². The average Bonchev–Trinajstić information content (AvgIpc) is 2.72. The van der Waals surface area contributed by atoms with Gasteiger partial charge < -0.3 is 9.80 Å². The maximum Gasteiger partial charge on any atom is 0.416 e. The molecular weight excluding hydrogens is 398 g/mol. The van der Waals surface area contributed by atoms with Gasteiger partial charge in [0.15, 0.2) is 0 Å². The number of hydrogen-bond donors (Lipinski definition) is 0. The number of rotatable bonds is 5. The van der Waals surface area contributed by atoms with Crippen LogP contribution in [0.2, 0.25) is 0 Å². The summed E-state index contributed by atoms with van der Waals surface area (Å²) in [6.07, 6.45) is -4.37. The van der Waals surface area contributed by atoms with Crippen molar-refractivity contribution < 1.29 is 22.4 Å². The lowest BCUT2D eigenvalue weighted by atomic mass is 10.1. The van der Waals surface area contributed by atoms with Crippen LogP contribution in [0.4, 0.5) is 23.2 Å². The fraction of sp³-hybridized carbons (Fsp3) is 0.409. The molecule has 1 amide bonds. The normalized spacial score (nSPS) is 16.4. The Bertz CT molecular complexity index is 879. The summed E-state index contributed by atoms with van der Waals surface area (Å²) in [5.74, 6) is -0.418. The maximum atomic E-state index is 13.4. The molecule has 0 radical (unpaired) electrons. The molecule has 2 aromatic carbocycles. The van der Waals surface area contributed by atoms with E-state index in [0.717, 1.165) is 12.1 Å². The van der Waals surface area contributed by atoms with Gasteiger partial charge >= 0.3 is 6.18 Å². The number of benzene rings is 2. The summed E-state index contributed by atoms with van der Waals surface area (Å²) in [4.78, 5) is 18.3. The lowest BCUT2D eigenvalue weighted by Crippen LogP contribution is -2.54. The van der Waals surface area contributed by atoms with Crippen LogP contribution in [0.5, 0.6) is 0 Å². The van der Waals surface area contributed by atoms with Gasteiger partial charge in [0.1, 0.15) is 5.82 Å². The van der Waals surface area contributed by atoms with Crippen LogP contribution in [0, 0.1) is 5.82 Å². The Morgan fingerprint density at radius 1 is 1.07 bits per heavy atom. The van der Waals surface area contributed by atoms with Crippen molar-refractivity contribution in [2.24, 2.45) is 0 Å². The van der Waals surface area contributed by atoms with Gasteiger partial charge in [0, 0.05) is 45.5 Å². The highest BCUT2D eigenvalue weighted by Gasteiger charge is 2.32. The van der Waals surface area contributed by atoms with Crippen molar-refractivity contribution in [1.29, 1.82) is 0 Å². The summed E-state index contributed by atoms with van der Waals surface area (Å²) in [7, 11) is 1.68. The highest BCUT2D eigenvalue weighted by molar-refractivity contribution is 5.81. The highest BCUT2D eigenvalue weighted by atomic mass is 19.4. The van der Waals surface area contributed by atoms with Gasteiger partial charge in [-0.05, 0) is 42.8 Å². The van der Waals surface area contributed by atoms with Crippen LogP contribution in [0.1, 0.15) is 18.1 Å². The van der Waals surface area contributed by atoms with E-state index in [-0.39, 0.29) is 17.8 Å². The number of halogens is 4. The SMILES string of the molecule is C[C@H](C(=O)N(C)Cc1cccc(F)c1)N1CCN(c2cccc(C(F)(F)F)c2)CC1. The first-order valence-electron chi connectivity index (χ1n) is 9.81. The molecule has 0 bridgehead atoms. The summed E-state index contributed by atoms with van der Waals surface area (Å²) >= 11 is 0. The molecule has 162 valence electrons. The van der Waals surface area contributed by atoms with E-state index in [1.165, 1.54) is 18.2 Å². The van der Waals surface area contributed by atoms with Crippen molar-refractivity contribution in [2.45, 2.75) is 25.7 Å². The molecular formula is C22H25F4N3O. The number of likely N-dealkylation sites (N-methyl/N-ethyl adjacent to an activating group) is 1. The van der Waals surface area contributed by atoms with Crippen LogP contribution in [-0.2, 0) is 17.5 Å². The number of carbonyl (C=O) groups is 1. The molecule has 0 aliphatic carbocycles. The standard InChI is InChI=1S/C22H25F4N3O/c1-16(21(30)27(2)15-17-5-3-7-19(23)13-17)28-9-11-29(12-10-28)20-8-4-6-18(14-20)22(24,25)26/h3-8,13-14,16H,9-12,15H2,1-2H3/t16-/m1/s1. The molecule has 4 nitrogen and oxygen atoms in total. The summed E-state index contributed by atoms with van der Waals surface area (Å²) in [5, 5.41) is 0. The van der Waals surface area contributed by atoms with Gasteiger partial charge in [-0.1, -0.05) is 18.2 Å². The Kier molecular flexibility index (Phi) is 6.65. The van der Waals surface area contributed by atoms with Gasteiger partial charge in [0.25, 0.3) is 0 Å². The molecule has 1 fully saturated rings. The van der Waals surface area contributed by atoms with E-state index >= 15 is 0 Å². The molecule has 1 saturated heterocycles. The molecule has 0 saturated carbocycles. The van der Waals surface area contributed by atoms with E-state index in [1.54, 1.807) is 30.1 Å². The lowest BCUT2D eigenvalue weighted by molar-refractivity contribution is -0.137. The third-order valence-corrected chi connectivity index (χ3v) is 5.44. The Labute approximate surface area is 173 Å². The summed E-state index contributed by atoms with van der Waals surface area (Å²) < 4.78 is 52.2. The largest absolute Gasteiger partial charge is 0.416 e. The smallest absolute Gasteiger partial charge is 0.369 e. The Balaban J connectivity index is 1.57. The van der Waals surface area contributed by atoms with E-state index in [4.69, 9.17) is 0 Å². The van der Waals surface area contributed by atoms with E-state index in [0.29, 0.717) is 44.0 Å². The molecule has 0 N–H and O–H groups in total. The van der Waals surface area contributed by atoms with Crippen molar-refractivity contribution >= 4 is 11.6 Å². The van der Waals surface area contributed by atoms with Crippen molar-refractivity contribution in [3.05, 3.63) is 65.5 Å². The van der Waals surface area contributed by atoms with Gasteiger partial charge in [0.05, 0.1) is 11.6 Å². The number of carbonyl (C=O) groups excluding carboxylic acids is 1. The molecule has 1 heterocycles. The van der Waals surface area contributed by atoms with E-state index < -0.39 is 11.7 Å². The molecule has 0 spiro atoms. The van der Waals surface area contributed by atoms with Gasteiger partial charge in [-0.3, -0.25) is 9.69 Å². The first-order valence-corrected chi connectivity index (χ1v) is 9.81. The summed E-state index contributed by atoms with van der Waals surface area (Å²) in [5.41, 5.74) is 0.587. The summed E-state index contributed by atoms with van der Waals surface area (Å²) in [6, 6.07) is 11.1.